The quantitative estimate of drug-likeness (QED) is 0.804. The van der Waals surface area contributed by atoms with Crippen LogP contribution in [-0.2, 0) is 11.2 Å². The molecule has 1 aromatic carbocycles. The van der Waals surface area contributed by atoms with Crippen molar-refractivity contribution >= 4 is 17.7 Å². The first-order chi connectivity index (χ1) is 11.7. The third-order valence-electron chi connectivity index (χ3n) is 5.33. The van der Waals surface area contributed by atoms with Crippen LogP contribution < -0.4 is 10.6 Å². The number of nitrogens with one attached hydrogen (secondary N) is 2. The molecule has 1 atom stereocenters. The lowest BCUT2D eigenvalue weighted by atomic mass is 9.87. The SMILES string of the molecule is CNC(=O)CN1CCC(N[C@H]2CCCc3cc(SC)ccc32)CC1. The van der Waals surface area contributed by atoms with Gasteiger partial charge in [-0.25, -0.2) is 0 Å². The van der Waals surface area contributed by atoms with E-state index in [1.807, 2.05) is 11.8 Å². The lowest BCUT2D eigenvalue weighted by molar-refractivity contribution is -0.122. The van der Waals surface area contributed by atoms with Crippen molar-refractivity contribution in [2.45, 2.75) is 49.1 Å². The molecule has 1 aliphatic carbocycles. The molecule has 3 rings (SSSR count). The second-order valence-corrected chi connectivity index (χ2v) is 7.78. The van der Waals surface area contributed by atoms with Gasteiger partial charge in [0.2, 0.25) is 5.91 Å². The van der Waals surface area contributed by atoms with E-state index in [-0.39, 0.29) is 5.91 Å². The zero-order valence-corrected chi connectivity index (χ0v) is 15.6. The molecule has 0 unspecified atom stereocenters. The van der Waals surface area contributed by atoms with Crippen molar-refractivity contribution in [1.29, 1.82) is 0 Å². The molecule has 0 saturated carbocycles. The fourth-order valence-corrected chi connectivity index (χ4v) is 4.38. The Morgan fingerprint density at radius 3 is 2.79 bits per heavy atom. The summed E-state index contributed by atoms with van der Waals surface area (Å²) in [5, 5.41) is 6.62. The van der Waals surface area contributed by atoms with E-state index in [4.69, 9.17) is 0 Å². The lowest BCUT2D eigenvalue weighted by Gasteiger charge is -2.36. The van der Waals surface area contributed by atoms with Crippen molar-refractivity contribution in [2.75, 3.05) is 32.9 Å². The standard InChI is InChI=1S/C19H29N3OS/c1-20-19(23)13-22-10-8-15(9-11-22)21-18-5-3-4-14-12-16(24-2)6-7-17(14)18/h6-7,12,15,18,21H,3-5,8-11,13H2,1-2H3,(H,20,23)/t18-/m0/s1. The second kappa shape index (κ2) is 8.37. The highest BCUT2D eigenvalue weighted by Crippen LogP contribution is 2.33. The van der Waals surface area contributed by atoms with Gasteiger partial charge in [0, 0.05) is 37.1 Å². The minimum absolute atomic E-state index is 0.118. The number of benzene rings is 1. The van der Waals surface area contributed by atoms with Gasteiger partial charge >= 0.3 is 0 Å². The summed E-state index contributed by atoms with van der Waals surface area (Å²) in [4.78, 5) is 15.1. The summed E-state index contributed by atoms with van der Waals surface area (Å²) in [6, 6.07) is 8.04. The number of nitrogens with zero attached hydrogens (tertiary/aromatic N) is 1. The number of hydrogen-bond donors (Lipinski definition) is 2. The first-order valence-corrected chi connectivity index (χ1v) is 10.3. The summed E-state index contributed by atoms with van der Waals surface area (Å²) in [5.74, 6) is 0.118. The number of carbonyl (C=O) groups excluding carboxylic acids is 1. The van der Waals surface area contributed by atoms with Gasteiger partial charge in [0.1, 0.15) is 0 Å². The van der Waals surface area contributed by atoms with Gasteiger partial charge in [-0.3, -0.25) is 9.69 Å². The Morgan fingerprint density at radius 1 is 1.29 bits per heavy atom. The Balaban J connectivity index is 1.56. The monoisotopic (exact) mass is 347 g/mol. The zero-order chi connectivity index (χ0) is 16.9. The Morgan fingerprint density at radius 2 is 2.08 bits per heavy atom. The molecule has 0 spiro atoms. The van der Waals surface area contributed by atoms with Crippen molar-refractivity contribution in [3.05, 3.63) is 29.3 Å². The van der Waals surface area contributed by atoms with Gasteiger partial charge in [0.05, 0.1) is 6.54 Å². The fraction of sp³-hybridized carbons (Fsp3) is 0.632. The number of carbonyl (C=O) groups is 1. The van der Waals surface area contributed by atoms with Crippen molar-refractivity contribution in [1.82, 2.24) is 15.5 Å². The number of aryl methyl sites for hydroxylation is 1. The molecule has 1 amide bonds. The molecule has 0 bridgehead atoms. The van der Waals surface area contributed by atoms with Gasteiger partial charge in [0.25, 0.3) is 0 Å². The number of amides is 1. The van der Waals surface area contributed by atoms with Crippen LogP contribution in [0.15, 0.2) is 23.1 Å². The van der Waals surface area contributed by atoms with E-state index >= 15 is 0 Å². The van der Waals surface area contributed by atoms with Gasteiger partial charge in [-0.15, -0.1) is 11.8 Å². The molecule has 5 heteroatoms. The van der Waals surface area contributed by atoms with Gasteiger partial charge in [-0.1, -0.05) is 6.07 Å². The van der Waals surface area contributed by atoms with Crippen LogP contribution in [0, 0.1) is 0 Å². The highest BCUT2D eigenvalue weighted by molar-refractivity contribution is 7.98. The fourth-order valence-electron chi connectivity index (χ4n) is 3.92. The Kier molecular flexibility index (Phi) is 6.19. The van der Waals surface area contributed by atoms with E-state index in [9.17, 15) is 4.79 Å². The second-order valence-electron chi connectivity index (χ2n) is 6.90. The molecule has 24 heavy (non-hydrogen) atoms. The summed E-state index contributed by atoms with van der Waals surface area (Å²) in [6.07, 6.45) is 8.14. The molecule has 1 aromatic rings. The van der Waals surface area contributed by atoms with E-state index < -0.39 is 0 Å². The number of piperidine rings is 1. The number of likely N-dealkylation sites (tertiary alicyclic amines) is 1. The van der Waals surface area contributed by atoms with Gasteiger partial charge in [0.15, 0.2) is 0 Å². The number of likely N-dealkylation sites (N-methyl/N-ethyl adjacent to an activating group) is 1. The van der Waals surface area contributed by atoms with Gasteiger partial charge < -0.3 is 10.6 Å². The highest BCUT2D eigenvalue weighted by Gasteiger charge is 2.26. The molecule has 1 heterocycles. The molecule has 4 nitrogen and oxygen atoms in total. The van der Waals surface area contributed by atoms with Crippen LogP contribution in [0.4, 0.5) is 0 Å². The smallest absolute Gasteiger partial charge is 0.233 e. The van der Waals surface area contributed by atoms with Crippen LogP contribution in [0.2, 0.25) is 0 Å². The number of hydrogen-bond acceptors (Lipinski definition) is 4. The predicted octanol–water partition coefficient (Wildman–Crippen LogP) is 2.59. The largest absolute Gasteiger partial charge is 0.358 e. The minimum atomic E-state index is 0.118. The van der Waals surface area contributed by atoms with Crippen molar-refractivity contribution in [2.24, 2.45) is 0 Å². The third kappa shape index (κ3) is 4.32. The molecular formula is C19H29N3OS. The molecule has 0 aromatic heterocycles. The zero-order valence-electron chi connectivity index (χ0n) is 14.8. The van der Waals surface area contributed by atoms with E-state index in [0.29, 0.717) is 18.6 Å². The molecule has 1 fully saturated rings. The van der Waals surface area contributed by atoms with E-state index in [1.54, 1.807) is 7.05 Å². The summed E-state index contributed by atoms with van der Waals surface area (Å²) in [5.41, 5.74) is 3.04. The molecule has 2 aliphatic rings. The number of rotatable bonds is 5. The van der Waals surface area contributed by atoms with E-state index in [1.165, 1.54) is 35.3 Å². The van der Waals surface area contributed by atoms with Gasteiger partial charge in [-0.05, 0) is 61.6 Å². The topological polar surface area (TPSA) is 44.4 Å². The summed E-state index contributed by atoms with van der Waals surface area (Å²) in [7, 11) is 1.71. The molecule has 1 saturated heterocycles. The van der Waals surface area contributed by atoms with E-state index in [0.717, 1.165) is 25.9 Å². The van der Waals surface area contributed by atoms with Crippen LogP contribution in [0.3, 0.4) is 0 Å². The lowest BCUT2D eigenvalue weighted by Crippen LogP contribution is -2.46. The van der Waals surface area contributed by atoms with Crippen LogP contribution >= 0.6 is 11.8 Å². The minimum Gasteiger partial charge on any atom is -0.358 e. The predicted molar refractivity (Wildman–Crippen MR) is 101 cm³/mol. The molecule has 2 N–H and O–H groups in total. The molecule has 1 aliphatic heterocycles. The average Bonchev–Trinajstić information content (AvgIpc) is 2.63. The van der Waals surface area contributed by atoms with Crippen molar-refractivity contribution in [3.63, 3.8) is 0 Å². The summed E-state index contributed by atoms with van der Waals surface area (Å²) in [6.45, 7) is 2.55. The van der Waals surface area contributed by atoms with Crippen LogP contribution in [0.25, 0.3) is 0 Å². The number of fused-ring (bicyclic) bond motifs is 1. The normalized spacial score (nSPS) is 22.2. The van der Waals surface area contributed by atoms with E-state index in [2.05, 4.69) is 40.0 Å². The maximum Gasteiger partial charge on any atom is 0.233 e. The third-order valence-corrected chi connectivity index (χ3v) is 6.06. The summed E-state index contributed by atoms with van der Waals surface area (Å²) >= 11 is 1.83. The van der Waals surface area contributed by atoms with Crippen LogP contribution in [0.5, 0.6) is 0 Å². The number of thioether (sulfide) groups is 1. The van der Waals surface area contributed by atoms with Crippen molar-refractivity contribution < 1.29 is 4.79 Å². The molecule has 132 valence electrons. The summed E-state index contributed by atoms with van der Waals surface area (Å²) < 4.78 is 0. The van der Waals surface area contributed by atoms with Crippen molar-refractivity contribution in [3.8, 4) is 0 Å². The van der Waals surface area contributed by atoms with Crippen LogP contribution in [-0.4, -0.2) is 49.8 Å². The first-order valence-electron chi connectivity index (χ1n) is 9.05. The maximum atomic E-state index is 11.5. The average molecular weight is 348 g/mol. The Bertz CT molecular complexity index is 570. The van der Waals surface area contributed by atoms with Gasteiger partial charge in [-0.2, -0.15) is 0 Å². The first kappa shape index (κ1) is 17.8. The molecule has 0 radical (unpaired) electrons. The Hall–Kier alpha value is -1.04. The highest BCUT2D eigenvalue weighted by atomic mass is 32.2. The maximum absolute atomic E-state index is 11.5. The Labute approximate surface area is 149 Å². The van der Waals surface area contributed by atoms with Crippen LogP contribution in [0.1, 0.15) is 42.9 Å². The molecular weight excluding hydrogens is 318 g/mol.